The summed E-state index contributed by atoms with van der Waals surface area (Å²) in [4.78, 5) is 17.5. The Bertz CT molecular complexity index is 1420. The molecule has 0 aliphatic heterocycles. The topological polar surface area (TPSA) is 88.2 Å². The molecule has 35 heavy (non-hydrogen) atoms. The number of aryl methyl sites for hydroxylation is 1. The molecular formula is C27H27N3O3S2. The Balaban J connectivity index is 1.34. The van der Waals surface area contributed by atoms with E-state index in [1.165, 1.54) is 23.9 Å². The highest BCUT2D eigenvalue weighted by Crippen LogP contribution is 2.27. The number of carbonyl (C=O) groups excluding carboxylic acids is 1. The summed E-state index contributed by atoms with van der Waals surface area (Å²) >= 11 is 1.39. The van der Waals surface area contributed by atoms with Crippen molar-refractivity contribution in [3.8, 4) is 0 Å². The Labute approximate surface area is 210 Å². The highest BCUT2D eigenvalue weighted by molar-refractivity contribution is 8.00. The molecule has 4 rings (SSSR count). The van der Waals surface area contributed by atoms with Crippen molar-refractivity contribution in [2.75, 3.05) is 11.9 Å². The first kappa shape index (κ1) is 24.9. The van der Waals surface area contributed by atoms with E-state index in [1.54, 1.807) is 12.1 Å². The molecule has 1 aromatic heterocycles. The number of hydrogen-bond acceptors (Lipinski definition) is 5. The van der Waals surface area contributed by atoms with Crippen molar-refractivity contribution in [1.29, 1.82) is 0 Å². The third-order valence-corrected chi connectivity index (χ3v) is 8.04. The number of amides is 1. The molecule has 0 radical (unpaired) electrons. The van der Waals surface area contributed by atoms with E-state index in [-0.39, 0.29) is 16.1 Å². The van der Waals surface area contributed by atoms with Gasteiger partial charge in [-0.1, -0.05) is 60.3 Å². The van der Waals surface area contributed by atoms with E-state index in [0.29, 0.717) is 18.7 Å². The number of para-hydroxylation sites is 1. The maximum atomic E-state index is 12.7. The average molecular weight is 506 g/mol. The van der Waals surface area contributed by atoms with Crippen LogP contribution in [0, 0.1) is 6.92 Å². The van der Waals surface area contributed by atoms with Gasteiger partial charge in [0.25, 0.3) is 0 Å². The van der Waals surface area contributed by atoms with Crippen molar-refractivity contribution < 1.29 is 13.2 Å². The average Bonchev–Trinajstić information content (AvgIpc) is 2.85. The normalized spacial score (nSPS) is 12.4. The van der Waals surface area contributed by atoms with E-state index in [9.17, 15) is 13.2 Å². The Morgan fingerprint density at radius 3 is 2.40 bits per heavy atom. The number of thioether (sulfide) groups is 1. The molecule has 1 amide bonds. The molecule has 0 aliphatic rings. The van der Waals surface area contributed by atoms with Crippen LogP contribution in [0.15, 0.2) is 94.9 Å². The zero-order chi connectivity index (χ0) is 24.8. The number of carbonyl (C=O) groups is 1. The lowest BCUT2D eigenvalue weighted by molar-refractivity contribution is -0.115. The zero-order valence-corrected chi connectivity index (χ0v) is 21.2. The predicted molar refractivity (Wildman–Crippen MR) is 142 cm³/mol. The Morgan fingerprint density at radius 2 is 1.66 bits per heavy atom. The maximum Gasteiger partial charge on any atom is 0.240 e. The summed E-state index contributed by atoms with van der Waals surface area (Å²) in [6, 6.07) is 25.8. The smallest absolute Gasteiger partial charge is 0.240 e. The molecule has 0 bridgehead atoms. The Hall–Kier alpha value is -3.20. The summed E-state index contributed by atoms with van der Waals surface area (Å²) < 4.78 is 27.8. The highest BCUT2D eigenvalue weighted by atomic mass is 32.2. The van der Waals surface area contributed by atoms with Gasteiger partial charge in [-0.05, 0) is 67.8 Å². The summed E-state index contributed by atoms with van der Waals surface area (Å²) in [5, 5.41) is 4.35. The van der Waals surface area contributed by atoms with E-state index in [1.807, 2.05) is 74.5 Å². The van der Waals surface area contributed by atoms with E-state index in [0.717, 1.165) is 27.1 Å². The van der Waals surface area contributed by atoms with Crippen molar-refractivity contribution in [1.82, 2.24) is 9.71 Å². The SMILES string of the molecule is Cc1cc(SC(C)C(=O)Nc2ccc(S(=O)(=O)NCCc3ccccc3)cc2)nc2ccccc12. The molecule has 8 heteroatoms. The van der Waals surface area contributed by atoms with E-state index in [4.69, 9.17) is 0 Å². The number of hydrogen-bond donors (Lipinski definition) is 2. The molecule has 2 N–H and O–H groups in total. The number of nitrogens with zero attached hydrogens (tertiary/aromatic N) is 1. The van der Waals surface area contributed by atoms with Gasteiger partial charge in [-0.3, -0.25) is 4.79 Å². The molecule has 1 atom stereocenters. The number of pyridine rings is 1. The molecule has 3 aromatic carbocycles. The lowest BCUT2D eigenvalue weighted by Crippen LogP contribution is -2.26. The molecular weight excluding hydrogens is 478 g/mol. The van der Waals surface area contributed by atoms with Crippen molar-refractivity contribution in [2.45, 2.75) is 35.4 Å². The summed E-state index contributed by atoms with van der Waals surface area (Å²) in [6.45, 7) is 4.16. The van der Waals surface area contributed by atoms with Crippen molar-refractivity contribution in [2.24, 2.45) is 0 Å². The van der Waals surface area contributed by atoms with Gasteiger partial charge in [0.1, 0.15) is 0 Å². The Morgan fingerprint density at radius 1 is 0.971 bits per heavy atom. The summed E-state index contributed by atoms with van der Waals surface area (Å²) in [5.41, 5.74) is 3.61. The minimum atomic E-state index is -3.63. The predicted octanol–water partition coefficient (Wildman–Crippen LogP) is 5.18. The fourth-order valence-electron chi connectivity index (χ4n) is 3.63. The quantitative estimate of drug-likeness (QED) is 0.306. The molecule has 0 aliphatic carbocycles. The van der Waals surface area contributed by atoms with Crippen LogP contribution in [0.3, 0.4) is 0 Å². The first-order valence-electron chi connectivity index (χ1n) is 11.3. The van der Waals surface area contributed by atoms with Crippen LogP contribution in [0.2, 0.25) is 0 Å². The zero-order valence-electron chi connectivity index (χ0n) is 19.6. The van der Waals surface area contributed by atoms with Crippen LogP contribution in [0.1, 0.15) is 18.1 Å². The highest BCUT2D eigenvalue weighted by Gasteiger charge is 2.18. The molecule has 0 saturated carbocycles. The second-order valence-electron chi connectivity index (χ2n) is 8.20. The minimum absolute atomic E-state index is 0.154. The van der Waals surface area contributed by atoms with Gasteiger partial charge in [-0.15, -0.1) is 0 Å². The van der Waals surface area contributed by atoms with Gasteiger partial charge in [0.2, 0.25) is 15.9 Å². The molecule has 1 heterocycles. The maximum absolute atomic E-state index is 12.7. The van der Waals surface area contributed by atoms with Gasteiger partial charge in [0, 0.05) is 17.6 Å². The van der Waals surface area contributed by atoms with Crippen LogP contribution in [0.4, 0.5) is 5.69 Å². The number of fused-ring (bicyclic) bond motifs is 1. The lowest BCUT2D eigenvalue weighted by Gasteiger charge is -2.13. The van der Waals surface area contributed by atoms with Crippen LogP contribution < -0.4 is 10.0 Å². The Kier molecular flexibility index (Phi) is 7.85. The second kappa shape index (κ2) is 11.0. The van der Waals surface area contributed by atoms with Gasteiger partial charge in [-0.2, -0.15) is 0 Å². The summed E-state index contributed by atoms with van der Waals surface area (Å²) in [7, 11) is -3.63. The number of sulfonamides is 1. The fourth-order valence-corrected chi connectivity index (χ4v) is 5.59. The van der Waals surface area contributed by atoms with E-state index >= 15 is 0 Å². The number of anilines is 1. The molecule has 6 nitrogen and oxygen atoms in total. The van der Waals surface area contributed by atoms with Gasteiger partial charge in [0.05, 0.1) is 20.7 Å². The number of rotatable bonds is 9. The third-order valence-electron chi connectivity index (χ3n) is 5.55. The molecule has 1 unspecified atom stereocenters. The third kappa shape index (κ3) is 6.48. The van der Waals surface area contributed by atoms with Gasteiger partial charge in [0.15, 0.2) is 0 Å². The molecule has 0 saturated heterocycles. The lowest BCUT2D eigenvalue weighted by atomic mass is 10.1. The van der Waals surface area contributed by atoms with Crippen molar-refractivity contribution in [3.63, 3.8) is 0 Å². The van der Waals surface area contributed by atoms with E-state index in [2.05, 4.69) is 15.0 Å². The second-order valence-corrected chi connectivity index (χ2v) is 11.3. The van der Waals surface area contributed by atoms with Crippen LogP contribution in [0.5, 0.6) is 0 Å². The van der Waals surface area contributed by atoms with E-state index < -0.39 is 10.0 Å². The number of aromatic nitrogens is 1. The number of benzene rings is 3. The van der Waals surface area contributed by atoms with Crippen LogP contribution in [-0.4, -0.2) is 31.1 Å². The van der Waals surface area contributed by atoms with Gasteiger partial charge in [-0.25, -0.2) is 18.1 Å². The molecule has 0 fully saturated rings. The van der Waals surface area contributed by atoms with Gasteiger partial charge >= 0.3 is 0 Å². The monoisotopic (exact) mass is 505 g/mol. The van der Waals surface area contributed by atoms with Crippen molar-refractivity contribution in [3.05, 3.63) is 96.1 Å². The minimum Gasteiger partial charge on any atom is -0.325 e. The summed E-state index contributed by atoms with van der Waals surface area (Å²) in [6.07, 6.45) is 0.607. The first-order valence-corrected chi connectivity index (χ1v) is 13.7. The fraction of sp³-hybridized carbons (Fsp3) is 0.185. The van der Waals surface area contributed by atoms with Crippen LogP contribution >= 0.6 is 11.8 Å². The first-order chi connectivity index (χ1) is 16.8. The largest absolute Gasteiger partial charge is 0.325 e. The van der Waals surface area contributed by atoms with Crippen LogP contribution in [-0.2, 0) is 21.2 Å². The molecule has 4 aromatic rings. The molecule has 0 spiro atoms. The van der Waals surface area contributed by atoms with Crippen molar-refractivity contribution >= 4 is 44.3 Å². The number of nitrogens with one attached hydrogen (secondary N) is 2. The van der Waals surface area contributed by atoms with Gasteiger partial charge < -0.3 is 5.32 Å². The summed E-state index contributed by atoms with van der Waals surface area (Å²) in [5.74, 6) is -0.181. The standard InChI is InChI=1S/C27H27N3O3S2/c1-19-18-26(30-25-11-7-6-10-24(19)25)34-20(2)27(31)29-22-12-14-23(15-13-22)35(32,33)28-17-16-21-8-4-3-5-9-21/h3-15,18,20,28H,16-17H2,1-2H3,(H,29,31). The van der Waals surface area contributed by atoms with Crippen LogP contribution in [0.25, 0.3) is 10.9 Å². The molecule has 180 valence electrons.